The van der Waals surface area contributed by atoms with Crippen LogP contribution in [0.5, 0.6) is 0 Å². The van der Waals surface area contributed by atoms with Gasteiger partial charge in [0.2, 0.25) is 0 Å². The van der Waals surface area contributed by atoms with Crippen molar-refractivity contribution in [1.82, 2.24) is 0 Å². The molecule has 0 rings (SSSR count). The second kappa shape index (κ2) is 10.6. The van der Waals surface area contributed by atoms with Gasteiger partial charge >= 0.3 is 29.6 Å². The average Bonchev–Trinajstić information content (AvgIpc) is 1.83. The van der Waals surface area contributed by atoms with Gasteiger partial charge in [0.15, 0.2) is 0 Å². The Kier molecular flexibility index (Phi) is 16.8. The summed E-state index contributed by atoms with van der Waals surface area (Å²) >= 11 is 0. The summed E-state index contributed by atoms with van der Waals surface area (Å²) in [5.41, 5.74) is 5.52. The van der Waals surface area contributed by atoms with Crippen LogP contribution in [0.3, 0.4) is 0 Å². The van der Waals surface area contributed by atoms with Crippen molar-refractivity contribution < 1.29 is 43.9 Å². The van der Waals surface area contributed by atoms with E-state index < -0.39 is 7.60 Å². The van der Waals surface area contributed by atoms with Crippen molar-refractivity contribution in [3.05, 3.63) is 0 Å². The van der Waals surface area contributed by atoms with Crippen LogP contribution in [0.2, 0.25) is 0 Å². The summed E-state index contributed by atoms with van der Waals surface area (Å²) in [5, 5.41) is 0. The van der Waals surface area contributed by atoms with Gasteiger partial charge in [-0.05, 0) is 12.8 Å². The van der Waals surface area contributed by atoms with Gasteiger partial charge in [0, 0.05) is 41.8 Å². The molecule has 0 aliphatic rings. The fraction of sp³-hybridized carbons (Fsp3) is 1.00. The van der Waals surface area contributed by atoms with Gasteiger partial charge in [-0.15, -0.1) is 0 Å². The number of nitrogens with two attached hydrogens (primary N) is 1. The normalized spacial score (nSPS) is 16.3. The molecule has 2 unspecified atom stereocenters. The minimum atomic E-state index is -4.07. The summed E-state index contributed by atoms with van der Waals surface area (Å²) in [4.78, 5) is 18.6. The Morgan fingerprint density at radius 1 is 1.54 bits per heavy atom. The molecule has 3 N–H and O–H groups in total. The first-order valence-electron chi connectivity index (χ1n) is 3.74. The van der Waals surface area contributed by atoms with Crippen LogP contribution < -0.4 is 40.2 Å². The van der Waals surface area contributed by atoms with Crippen molar-refractivity contribution in [2.24, 2.45) is 5.73 Å². The molecule has 0 heterocycles. The monoisotopic (exact) mass is 226 g/mol. The molecule has 0 fully saturated rings. The summed E-state index contributed by atoms with van der Waals surface area (Å²) in [5.74, 6) is 0. The third kappa shape index (κ3) is 16.8. The molecule has 0 aromatic heterocycles. The van der Waals surface area contributed by atoms with Crippen LogP contribution in [-0.4, -0.2) is 46.7 Å². The zero-order chi connectivity index (χ0) is 8.91. The van der Waals surface area contributed by atoms with Crippen LogP contribution in [0.25, 0.3) is 0 Å². The predicted octanol–water partition coefficient (Wildman–Crippen LogP) is -3.33. The van der Waals surface area contributed by atoms with E-state index in [1.54, 1.807) is 0 Å². The maximum Gasteiger partial charge on any atom is 1.00 e. The molecule has 0 aliphatic carbocycles. The fourth-order valence-corrected chi connectivity index (χ4v) is 1.50. The summed E-state index contributed by atoms with van der Waals surface area (Å²) in [7, 11) is -4.07. The average molecular weight is 226 g/mol. The van der Waals surface area contributed by atoms with Crippen LogP contribution in [0.4, 0.5) is 0 Å². The minimum Gasteiger partial charge on any atom is -0.779 e. The first-order chi connectivity index (χ1) is 4.95. The van der Waals surface area contributed by atoms with Gasteiger partial charge in [-0.25, -0.2) is 0 Å². The van der Waals surface area contributed by atoms with Crippen LogP contribution >= 0.6 is 7.60 Å². The van der Waals surface area contributed by atoms with Crippen molar-refractivity contribution in [3.63, 3.8) is 0 Å². The van der Waals surface area contributed by atoms with Crippen molar-refractivity contribution >= 4 is 37.2 Å². The quantitative estimate of drug-likeness (QED) is 0.379. The maximum absolute atomic E-state index is 10.3. The standard InChI is InChI=1S/C6H16NO3P.2Na/c1-2-3-6(7)4-5-11(8,9)10;;/h6H,2-5,7H2,1H3,(H2,8,9,10);;/q;;+1/p-1. The van der Waals surface area contributed by atoms with E-state index in [-0.39, 0.29) is 71.3 Å². The smallest absolute Gasteiger partial charge is 0.779 e. The predicted molar refractivity (Wildman–Crippen MR) is 47.9 cm³/mol. The van der Waals surface area contributed by atoms with Crippen LogP contribution in [0.15, 0.2) is 0 Å². The van der Waals surface area contributed by atoms with E-state index >= 15 is 0 Å². The molecule has 4 nitrogen and oxygen atoms in total. The number of hydrogen-bond donors (Lipinski definition) is 2. The molecule has 0 amide bonds. The van der Waals surface area contributed by atoms with Crippen molar-refractivity contribution in [2.45, 2.75) is 32.2 Å². The Morgan fingerprint density at radius 2 is 2.00 bits per heavy atom. The molecule has 13 heavy (non-hydrogen) atoms. The van der Waals surface area contributed by atoms with Gasteiger partial charge in [-0.2, -0.15) is 0 Å². The topological polar surface area (TPSA) is 86.4 Å². The summed E-state index contributed by atoms with van der Waals surface area (Å²) in [6, 6.07) is -0.102. The summed E-state index contributed by atoms with van der Waals surface area (Å²) < 4.78 is 10.3. The maximum atomic E-state index is 10.3. The molecule has 0 aliphatic heterocycles. The van der Waals surface area contributed by atoms with Gasteiger partial charge in [0.25, 0.3) is 0 Å². The molecule has 0 aromatic rings. The third-order valence-corrected chi connectivity index (χ3v) is 2.27. The zero-order valence-electron chi connectivity index (χ0n) is 8.69. The molecule has 0 spiro atoms. The van der Waals surface area contributed by atoms with Gasteiger partial charge in [-0.3, -0.25) is 0 Å². The van der Waals surface area contributed by atoms with E-state index in [0.29, 0.717) is 6.42 Å². The number of rotatable bonds is 5. The van der Waals surface area contributed by atoms with Gasteiger partial charge < -0.3 is 20.1 Å². The van der Waals surface area contributed by atoms with E-state index in [1.807, 2.05) is 6.92 Å². The Balaban J connectivity index is -0.000000500. The Morgan fingerprint density at radius 3 is 2.31 bits per heavy atom. The molecule has 0 saturated carbocycles. The SMILES string of the molecule is CCCC(N)CCP(=O)([O-])O.[Na+].[Na]. The molecule has 1 radical (unpaired) electrons. The molecule has 69 valence electrons. The van der Waals surface area contributed by atoms with E-state index in [0.717, 1.165) is 12.8 Å². The van der Waals surface area contributed by atoms with Gasteiger partial charge in [-0.1, -0.05) is 13.3 Å². The van der Waals surface area contributed by atoms with Gasteiger partial charge in [0.1, 0.15) is 7.60 Å². The Labute approximate surface area is 124 Å². The summed E-state index contributed by atoms with van der Waals surface area (Å²) in [6.07, 6.45) is 1.90. The van der Waals surface area contributed by atoms with Crippen LogP contribution in [-0.2, 0) is 4.57 Å². The minimum absolute atomic E-state index is 0. The van der Waals surface area contributed by atoms with E-state index in [1.165, 1.54) is 0 Å². The van der Waals surface area contributed by atoms with Crippen molar-refractivity contribution in [1.29, 1.82) is 0 Å². The van der Waals surface area contributed by atoms with Crippen molar-refractivity contribution in [3.8, 4) is 0 Å². The molecule has 0 saturated heterocycles. The van der Waals surface area contributed by atoms with Crippen LogP contribution in [0, 0.1) is 0 Å². The second-order valence-electron chi connectivity index (χ2n) is 2.70. The molecular formula is C6H15NNa2O3P. The largest absolute Gasteiger partial charge is 1.00 e. The second-order valence-corrected chi connectivity index (χ2v) is 4.42. The first kappa shape index (κ1) is 20.5. The molecule has 2 atom stereocenters. The van der Waals surface area contributed by atoms with Crippen molar-refractivity contribution in [2.75, 3.05) is 6.16 Å². The number of hydrogen-bond acceptors (Lipinski definition) is 3. The van der Waals surface area contributed by atoms with E-state index in [2.05, 4.69) is 0 Å². The Hall–Kier alpha value is 2.11. The molecule has 0 aromatic carbocycles. The first-order valence-corrected chi connectivity index (χ1v) is 5.50. The van der Waals surface area contributed by atoms with E-state index in [4.69, 9.17) is 10.6 Å². The molecule has 7 heteroatoms. The Bertz CT molecular complexity index is 153. The molecular weight excluding hydrogens is 211 g/mol. The summed E-state index contributed by atoms with van der Waals surface area (Å²) in [6.45, 7) is 1.98. The molecule has 0 bridgehead atoms. The fourth-order valence-electron chi connectivity index (χ4n) is 0.844. The third-order valence-electron chi connectivity index (χ3n) is 1.44. The van der Waals surface area contributed by atoms with Crippen LogP contribution in [0.1, 0.15) is 26.2 Å². The zero-order valence-corrected chi connectivity index (χ0v) is 13.6. The van der Waals surface area contributed by atoms with E-state index in [9.17, 15) is 9.46 Å². The van der Waals surface area contributed by atoms with Gasteiger partial charge in [0.05, 0.1) is 0 Å².